The van der Waals surface area contributed by atoms with Gasteiger partial charge in [-0.15, -0.1) is 0 Å². The topological polar surface area (TPSA) is 48.1 Å². The molecule has 3 rings (SSSR count). The van der Waals surface area contributed by atoms with E-state index in [-0.39, 0.29) is 17.8 Å². The van der Waals surface area contributed by atoms with E-state index < -0.39 is 0 Å². The number of H-pyrrole nitrogens is 1. The number of nitrogens with zero attached hydrogens (tertiary/aromatic N) is 1. The predicted octanol–water partition coefficient (Wildman–Crippen LogP) is 2.91. The number of aromatic amines is 1. The summed E-state index contributed by atoms with van der Waals surface area (Å²) in [5.41, 5.74) is 1.08. The van der Waals surface area contributed by atoms with E-state index in [0.29, 0.717) is 16.6 Å². The number of nitrogens with one attached hydrogen (secondary N) is 2. The van der Waals surface area contributed by atoms with Gasteiger partial charge in [0.25, 0.3) is 5.91 Å². The number of rotatable bonds is 4. The average Bonchev–Trinajstić information content (AvgIpc) is 2.95. The normalized spacial score (nSPS) is 17.0. The molecule has 1 aromatic carbocycles. The Morgan fingerprint density at radius 2 is 2.18 bits per heavy atom. The standard InChI is InChI=1S/C17H22FN3O/c1-2-8-21-9-6-12(7-10-21)19-17(22)16-11-13-14(18)4-3-5-15(13)20-16/h3-5,11-12,20H,2,6-10H2,1H3,(H,19,22). The Hall–Kier alpha value is -1.88. The zero-order chi connectivity index (χ0) is 15.5. The molecule has 1 saturated heterocycles. The summed E-state index contributed by atoms with van der Waals surface area (Å²) in [6.07, 6.45) is 3.11. The van der Waals surface area contributed by atoms with E-state index in [1.54, 1.807) is 18.2 Å². The highest BCUT2D eigenvalue weighted by Crippen LogP contribution is 2.19. The van der Waals surface area contributed by atoms with Crippen LogP contribution < -0.4 is 5.32 Å². The van der Waals surface area contributed by atoms with Crippen LogP contribution in [0.15, 0.2) is 24.3 Å². The van der Waals surface area contributed by atoms with Crippen molar-refractivity contribution >= 4 is 16.8 Å². The predicted molar refractivity (Wildman–Crippen MR) is 85.5 cm³/mol. The number of likely N-dealkylation sites (tertiary alicyclic amines) is 1. The van der Waals surface area contributed by atoms with Crippen LogP contribution in [-0.2, 0) is 0 Å². The van der Waals surface area contributed by atoms with Gasteiger partial charge in [-0.05, 0) is 44.0 Å². The number of carbonyl (C=O) groups is 1. The number of hydrogen-bond donors (Lipinski definition) is 2. The van der Waals surface area contributed by atoms with Gasteiger partial charge in [0, 0.05) is 30.0 Å². The fourth-order valence-electron chi connectivity index (χ4n) is 3.12. The third-order valence-corrected chi connectivity index (χ3v) is 4.32. The minimum absolute atomic E-state index is 0.149. The molecule has 1 aliphatic rings. The number of benzene rings is 1. The lowest BCUT2D eigenvalue weighted by Crippen LogP contribution is -2.44. The summed E-state index contributed by atoms with van der Waals surface area (Å²) in [6.45, 7) is 5.37. The van der Waals surface area contributed by atoms with Crippen molar-refractivity contribution in [2.45, 2.75) is 32.2 Å². The number of fused-ring (bicyclic) bond motifs is 1. The maximum Gasteiger partial charge on any atom is 0.267 e. The van der Waals surface area contributed by atoms with Gasteiger partial charge in [-0.25, -0.2) is 4.39 Å². The molecule has 2 heterocycles. The van der Waals surface area contributed by atoms with Crippen LogP contribution in [0.5, 0.6) is 0 Å². The minimum atomic E-state index is -0.305. The van der Waals surface area contributed by atoms with Crippen LogP contribution in [0, 0.1) is 5.82 Å². The van der Waals surface area contributed by atoms with E-state index in [4.69, 9.17) is 0 Å². The second kappa shape index (κ2) is 6.48. The molecule has 0 bridgehead atoms. The highest BCUT2D eigenvalue weighted by atomic mass is 19.1. The maximum atomic E-state index is 13.7. The third kappa shape index (κ3) is 3.14. The number of carbonyl (C=O) groups excluding carboxylic acids is 1. The van der Waals surface area contributed by atoms with Crippen molar-refractivity contribution in [3.63, 3.8) is 0 Å². The van der Waals surface area contributed by atoms with Crippen LogP contribution in [-0.4, -0.2) is 41.5 Å². The minimum Gasteiger partial charge on any atom is -0.350 e. The molecule has 1 amide bonds. The lowest BCUT2D eigenvalue weighted by molar-refractivity contribution is 0.0907. The Balaban J connectivity index is 1.63. The second-order valence-electron chi connectivity index (χ2n) is 5.97. The molecule has 0 radical (unpaired) electrons. The lowest BCUT2D eigenvalue weighted by Gasteiger charge is -2.31. The summed E-state index contributed by atoms with van der Waals surface area (Å²) < 4.78 is 13.7. The quantitative estimate of drug-likeness (QED) is 0.912. The molecule has 0 unspecified atom stereocenters. The van der Waals surface area contributed by atoms with Gasteiger partial charge >= 0.3 is 0 Å². The number of piperidine rings is 1. The summed E-state index contributed by atoms with van der Waals surface area (Å²) in [6, 6.07) is 6.61. The van der Waals surface area contributed by atoms with Crippen molar-refractivity contribution in [2.75, 3.05) is 19.6 Å². The molecule has 0 aliphatic carbocycles. The highest BCUT2D eigenvalue weighted by Gasteiger charge is 2.21. The first kappa shape index (κ1) is 15.0. The molecular formula is C17H22FN3O. The van der Waals surface area contributed by atoms with Crippen LogP contribution in [0.2, 0.25) is 0 Å². The molecule has 2 N–H and O–H groups in total. The van der Waals surface area contributed by atoms with Gasteiger partial charge in [-0.3, -0.25) is 4.79 Å². The number of amides is 1. The summed E-state index contributed by atoms with van der Waals surface area (Å²) in [7, 11) is 0. The van der Waals surface area contributed by atoms with Crippen molar-refractivity contribution in [1.82, 2.24) is 15.2 Å². The molecule has 1 aromatic heterocycles. The Morgan fingerprint density at radius 3 is 2.86 bits per heavy atom. The van der Waals surface area contributed by atoms with E-state index in [2.05, 4.69) is 22.1 Å². The average molecular weight is 303 g/mol. The van der Waals surface area contributed by atoms with E-state index in [1.807, 2.05) is 0 Å². The monoisotopic (exact) mass is 303 g/mol. The molecule has 4 nitrogen and oxygen atoms in total. The first-order valence-electron chi connectivity index (χ1n) is 7.98. The molecule has 118 valence electrons. The van der Waals surface area contributed by atoms with Gasteiger partial charge < -0.3 is 15.2 Å². The van der Waals surface area contributed by atoms with Crippen molar-refractivity contribution in [3.8, 4) is 0 Å². The fourth-order valence-corrected chi connectivity index (χ4v) is 3.12. The number of halogens is 1. The van der Waals surface area contributed by atoms with Gasteiger partial charge in [-0.2, -0.15) is 0 Å². The van der Waals surface area contributed by atoms with Gasteiger partial charge in [0.2, 0.25) is 0 Å². The third-order valence-electron chi connectivity index (χ3n) is 4.32. The number of aromatic nitrogens is 1. The SMILES string of the molecule is CCCN1CCC(NC(=O)c2cc3c(F)cccc3[nH]2)CC1. The van der Waals surface area contributed by atoms with Gasteiger partial charge in [0.05, 0.1) is 0 Å². The van der Waals surface area contributed by atoms with Crippen molar-refractivity contribution in [3.05, 3.63) is 35.8 Å². The molecule has 2 aromatic rings. The van der Waals surface area contributed by atoms with E-state index in [9.17, 15) is 9.18 Å². The van der Waals surface area contributed by atoms with Crippen LogP contribution in [0.1, 0.15) is 36.7 Å². The number of hydrogen-bond acceptors (Lipinski definition) is 2. The largest absolute Gasteiger partial charge is 0.350 e. The smallest absolute Gasteiger partial charge is 0.267 e. The molecule has 0 spiro atoms. The van der Waals surface area contributed by atoms with Gasteiger partial charge in [0.15, 0.2) is 0 Å². The van der Waals surface area contributed by atoms with Gasteiger partial charge in [-0.1, -0.05) is 13.0 Å². The van der Waals surface area contributed by atoms with E-state index in [0.717, 1.165) is 38.9 Å². The van der Waals surface area contributed by atoms with E-state index in [1.165, 1.54) is 6.07 Å². The van der Waals surface area contributed by atoms with E-state index >= 15 is 0 Å². The van der Waals surface area contributed by atoms with Crippen molar-refractivity contribution in [2.24, 2.45) is 0 Å². The Bertz CT molecular complexity index is 659. The summed E-state index contributed by atoms with van der Waals surface area (Å²) >= 11 is 0. The Labute approximate surface area is 129 Å². The summed E-state index contributed by atoms with van der Waals surface area (Å²) in [5, 5.41) is 3.52. The second-order valence-corrected chi connectivity index (χ2v) is 5.97. The molecule has 22 heavy (non-hydrogen) atoms. The zero-order valence-electron chi connectivity index (χ0n) is 12.9. The van der Waals surface area contributed by atoms with Crippen molar-refractivity contribution < 1.29 is 9.18 Å². The van der Waals surface area contributed by atoms with Gasteiger partial charge in [0.1, 0.15) is 11.5 Å². The molecule has 0 saturated carbocycles. The summed E-state index contributed by atoms with van der Waals surface area (Å²) in [5.74, 6) is -0.454. The van der Waals surface area contributed by atoms with Crippen molar-refractivity contribution in [1.29, 1.82) is 0 Å². The molecule has 1 aliphatic heterocycles. The zero-order valence-corrected chi connectivity index (χ0v) is 12.9. The maximum absolute atomic E-state index is 13.7. The Morgan fingerprint density at radius 1 is 1.41 bits per heavy atom. The molecule has 0 atom stereocenters. The Kier molecular flexibility index (Phi) is 4.43. The first-order chi connectivity index (χ1) is 10.7. The lowest BCUT2D eigenvalue weighted by atomic mass is 10.0. The van der Waals surface area contributed by atoms with Crippen LogP contribution in [0.3, 0.4) is 0 Å². The summed E-state index contributed by atoms with van der Waals surface area (Å²) in [4.78, 5) is 17.7. The molecule has 5 heteroatoms. The first-order valence-corrected chi connectivity index (χ1v) is 7.98. The van der Waals surface area contributed by atoms with Crippen LogP contribution in [0.25, 0.3) is 10.9 Å². The fraction of sp³-hybridized carbons (Fsp3) is 0.471. The van der Waals surface area contributed by atoms with Crippen LogP contribution in [0.4, 0.5) is 4.39 Å². The molecular weight excluding hydrogens is 281 g/mol. The highest BCUT2D eigenvalue weighted by molar-refractivity contribution is 5.98. The van der Waals surface area contributed by atoms with Crippen LogP contribution >= 0.6 is 0 Å². The molecule has 1 fully saturated rings.